The summed E-state index contributed by atoms with van der Waals surface area (Å²) in [7, 11) is 0. The van der Waals surface area contributed by atoms with E-state index in [1.54, 1.807) is 4.90 Å². The molecule has 0 saturated heterocycles. The van der Waals surface area contributed by atoms with Gasteiger partial charge in [-0.05, 0) is 29.7 Å². The molecule has 0 fully saturated rings. The Hall–Kier alpha value is -2.80. The quantitative estimate of drug-likeness (QED) is 0.887. The van der Waals surface area contributed by atoms with Crippen LogP contribution in [0.5, 0.6) is 0 Å². The predicted octanol–water partition coefficient (Wildman–Crippen LogP) is 1.82. The van der Waals surface area contributed by atoms with Gasteiger partial charge in [-0.2, -0.15) is 0 Å². The molecule has 1 atom stereocenters. The molecule has 0 unspecified atom stereocenters. The van der Waals surface area contributed by atoms with Gasteiger partial charge < -0.3 is 11.1 Å². The van der Waals surface area contributed by atoms with Crippen LogP contribution in [0.2, 0.25) is 0 Å². The van der Waals surface area contributed by atoms with E-state index in [2.05, 4.69) is 5.32 Å². The lowest BCUT2D eigenvalue weighted by Gasteiger charge is -2.34. The van der Waals surface area contributed by atoms with Gasteiger partial charge in [-0.15, -0.1) is 0 Å². The zero-order chi connectivity index (χ0) is 18.0. The molecule has 1 aliphatic rings. The topological polar surface area (TPSA) is 75.4 Å². The molecule has 0 bridgehead atoms. The van der Waals surface area contributed by atoms with Gasteiger partial charge in [0.25, 0.3) is 0 Å². The van der Waals surface area contributed by atoms with Crippen molar-refractivity contribution in [3.05, 3.63) is 65.2 Å². The van der Waals surface area contributed by atoms with Gasteiger partial charge in [-0.3, -0.25) is 14.5 Å². The lowest BCUT2D eigenvalue weighted by Crippen LogP contribution is -2.50. The van der Waals surface area contributed by atoms with Crippen LogP contribution in [0.15, 0.2) is 42.5 Å². The van der Waals surface area contributed by atoms with Crippen molar-refractivity contribution in [2.45, 2.75) is 19.0 Å². The van der Waals surface area contributed by atoms with E-state index in [9.17, 15) is 18.4 Å². The van der Waals surface area contributed by atoms with Crippen LogP contribution in [0, 0.1) is 11.6 Å². The van der Waals surface area contributed by atoms with E-state index in [4.69, 9.17) is 5.73 Å². The first-order valence-electron chi connectivity index (χ1n) is 7.79. The number of carbonyl (C=O) groups excluding carboxylic acids is 2. The standard InChI is InChI=1S/C18H17F2N3O2/c19-14-6-5-13(8-15(14)20)22-17(24)10-23-9-12-4-2-1-3-11(12)7-16(23)18(21)25/h1-6,8,16H,7,9-10H2,(H2,21,25)(H,22,24)/t16-/m1/s1. The summed E-state index contributed by atoms with van der Waals surface area (Å²) in [6.07, 6.45) is 0.434. The summed E-state index contributed by atoms with van der Waals surface area (Å²) < 4.78 is 26.2. The molecule has 3 rings (SSSR count). The number of primary amides is 1. The minimum Gasteiger partial charge on any atom is -0.368 e. The fraction of sp³-hybridized carbons (Fsp3) is 0.222. The lowest BCUT2D eigenvalue weighted by molar-refractivity contribution is -0.125. The monoisotopic (exact) mass is 345 g/mol. The number of amides is 2. The van der Waals surface area contributed by atoms with Crippen molar-refractivity contribution < 1.29 is 18.4 Å². The van der Waals surface area contributed by atoms with Crippen molar-refractivity contribution in [1.82, 2.24) is 4.90 Å². The molecule has 7 heteroatoms. The molecule has 0 aliphatic carbocycles. The largest absolute Gasteiger partial charge is 0.368 e. The zero-order valence-electron chi connectivity index (χ0n) is 13.3. The Morgan fingerprint density at radius 1 is 1.12 bits per heavy atom. The lowest BCUT2D eigenvalue weighted by atomic mass is 9.93. The van der Waals surface area contributed by atoms with Crippen LogP contribution in [0.3, 0.4) is 0 Å². The maximum absolute atomic E-state index is 13.2. The van der Waals surface area contributed by atoms with Gasteiger partial charge in [0.05, 0.1) is 12.6 Å². The van der Waals surface area contributed by atoms with Crippen molar-refractivity contribution >= 4 is 17.5 Å². The normalized spacial score (nSPS) is 17.0. The first-order chi connectivity index (χ1) is 11.9. The van der Waals surface area contributed by atoms with Crippen molar-refractivity contribution in [2.75, 3.05) is 11.9 Å². The Balaban J connectivity index is 1.72. The van der Waals surface area contributed by atoms with E-state index >= 15 is 0 Å². The van der Waals surface area contributed by atoms with Crippen molar-refractivity contribution in [3.8, 4) is 0 Å². The Bertz CT molecular complexity index is 826. The number of carbonyl (C=O) groups is 2. The highest BCUT2D eigenvalue weighted by atomic mass is 19.2. The number of hydrogen-bond donors (Lipinski definition) is 2. The average Bonchev–Trinajstić information content (AvgIpc) is 2.57. The minimum atomic E-state index is -1.04. The number of benzene rings is 2. The van der Waals surface area contributed by atoms with E-state index in [0.29, 0.717) is 13.0 Å². The van der Waals surface area contributed by atoms with Crippen molar-refractivity contribution in [3.63, 3.8) is 0 Å². The molecule has 0 spiro atoms. The van der Waals surface area contributed by atoms with Crippen LogP contribution in [0.25, 0.3) is 0 Å². The van der Waals surface area contributed by atoms with Crippen molar-refractivity contribution in [1.29, 1.82) is 0 Å². The Morgan fingerprint density at radius 3 is 2.52 bits per heavy atom. The van der Waals surface area contributed by atoms with E-state index in [1.165, 1.54) is 6.07 Å². The van der Waals surface area contributed by atoms with Gasteiger partial charge >= 0.3 is 0 Å². The third-order valence-electron chi connectivity index (χ3n) is 4.22. The highest BCUT2D eigenvalue weighted by Crippen LogP contribution is 2.23. The number of nitrogens with one attached hydrogen (secondary N) is 1. The maximum Gasteiger partial charge on any atom is 0.238 e. The van der Waals surface area contributed by atoms with Gasteiger partial charge in [0.2, 0.25) is 11.8 Å². The number of halogens is 2. The van der Waals surface area contributed by atoms with Crippen molar-refractivity contribution in [2.24, 2.45) is 5.73 Å². The maximum atomic E-state index is 13.2. The first kappa shape index (κ1) is 17.0. The Kier molecular flexibility index (Phi) is 4.76. The second-order valence-corrected chi connectivity index (χ2v) is 5.97. The molecule has 0 saturated carbocycles. The summed E-state index contributed by atoms with van der Waals surface area (Å²) in [6.45, 7) is 0.329. The van der Waals surface area contributed by atoms with Gasteiger partial charge in [0.1, 0.15) is 0 Å². The minimum absolute atomic E-state index is 0.0824. The third-order valence-corrected chi connectivity index (χ3v) is 4.22. The second kappa shape index (κ2) is 6.98. The summed E-state index contributed by atoms with van der Waals surface area (Å²) in [5.74, 6) is -2.97. The summed E-state index contributed by atoms with van der Waals surface area (Å²) in [4.78, 5) is 25.7. The van der Waals surface area contributed by atoms with Gasteiger partial charge in [-0.1, -0.05) is 24.3 Å². The first-order valence-corrected chi connectivity index (χ1v) is 7.79. The number of anilines is 1. The summed E-state index contributed by atoms with van der Waals surface area (Å²) in [5.41, 5.74) is 7.69. The summed E-state index contributed by atoms with van der Waals surface area (Å²) >= 11 is 0. The summed E-state index contributed by atoms with van der Waals surface area (Å²) in [5, 5.41) is 2.50. The molecular weight excluding hydrogens is 328 g/mol. The molecule has 25 heavy (non-hydrogen) atoms. The van der Waals surface area contributed by atoms with E-state index in [1.807, 2.05) is 24.3 Å². The average molecular weight is 345 g/mol. The molecule has 1 heterocycles. The van der Waals surface area contributed by atoms with Crippen LogP contribution >= 0.6 is 0 Å². The molecule has 2 aromatic rings. The molecule has 0 aromatic heterocycles. The van der Waals surface area contributed by atoms with Crippen LogP contribution in [0.4, 0.5) is 14.5 Å². The van der Waals surface area contributed by atoms with Gasteiger partial charge in [0, 0.05) is 18.3 Å². The van der Waals surface area contributed by atoms with Gasteiger partial charge in [-0.25, -0.2) is 8.78 Å². The highest BCUT2D eigenvalue weighted by Gasteiger charge is 2.31. The summed E-state index contributed by atoms with van der Waals surface area (Å²) in [6, 6.07) is 10.2. The fourth-order valence-corrected chi connectivity index (χ4v) is 2.98. The predicted molar refractivity (Wildman–Crippen MR) is 88.5 cm³/mol. The van der Waals surface area contributed by atoms with Gasteiger partial charge in [0.15, 0.2) is 11.6 Å². The number of rotatable bonds is 4. The molecule has 1 aliphatic heterocycles. The molecule has 2 aromatic carbocycles. The van der Waals surface area contributed by atoms with Crippen LogP contribution in [0.1, 0.15) is 11.1 Å². The Morgan fingerprint density at radius 2 is 1.84 bits per heavy atom. The van der Waals surface area contributed by atoms with E-state index < -0.39 is 29.5 Å². The van der Waals surface area contributed by atoms with E-state index in [-0.39, 0.29) is 12.2 Å². The van der Waals surface area contributed by atoms with Crippen LogP contribution in [-0.2, 0) is 22.6 Å². The highest BCUT2D eigenvalue weighted by molar-refractivity contribution is 5.93. The third kappa shape index (κ3) is 3.83. The fourth-order valence-electron chi connectivity index (χ4n) is 2.98. The smallest absolute Gasteiger partial charge is 0.238 e. The second-order valence-electron chi connectivity index (χ2n) is 5.97. The molecule has 0 radical (unpaired) electrons. The number of nitrogens with zero attached hydrogens (tertiary/aromatic N) is 1. The van der Waals surface area contributed by atoms with E-state index in [0.717, 1.165) is 23.3 Å². The number of hydrogen-bond acceptors (Lipinski definition) is 3. The molecular formula is C18H17F2N3O2. The molecule has 2 amide bonds. The Labute approximate surface area is 143 Å². The zero-order valence-corrected chi connectivity index (χ0v) is 13.3. The van der Waals surface area contributed by atoms with Crippen LogP contribution < -0.4 is 11.1 Å². The molecule has 3 N–H and O–H groups in total. The van der Waals surface area contributed by atoms with Crippen LogP contribution in [-0.4, -0.2) is 29.3 Å². The molecule has 130 valence electrons. The molecule has 5 nitrogen and oxygen atoms in total. The SMILES string of the molecule is NC(=O)[C@H]1Cc2ccccc2CN1CC(=O)Nc1ccc(F)c(F)c1. The number of nitrogens with two attached hydrogens (primary N) is 1. The number of fused-ring (bicyclic) bond motifs is 1.